The second-order valence-electron chi connectivity index (χ2n) is 20.9. The number of H-pyrrole nitrogens is 4. The van der Waals surface area contributed by atoms with Crippen LogP contribution in [0.25, 0.3) is 22.3 Å². The maximum absolute atomic E-state index is 3.96. The lowest BCUT2D eigenvalue weighted by molar-refractivity contribution is -0.00100. The van der Waals surface area contributed by atoms with E-state index in [2.05, 4.69) is 250 Å². The zero-order valence-electron chi connectivity index (χ0n) is 41.2. The molecule has 356 valence electrons. The third kappa shape index (κ3) is 10.8. The highest BCUT2D eigenvalue weighted by molar-refractivity contribution is 5.85. The minimum absolute atomic E-state index is 0. The Morgan fingerprint density at radius 2 is 0.397 bits per heavy atom. The van der Waals surface area contributed by atoms with Crippen molar-refractivity contribution in [3.8, 4) is 0 Å². The molecule has 0 amide bonds. The molecule has 12 heteroatoms. The van der Waals surface area contributed by atoms with Crippen LogP contribution in [0.15, 0.2) is 146 Å². The lowest BCUT2D eigenvalue weighted by Crippen LogP contribution is -3.00. The summed E-state index contributed by atoms with van der Waals surface area (Å²) in [6.45, 7) is 0. The molecule has 0 unspecified atom stereocenters. The van der Waals surface area contributed by atoms with Crippen LogP contribution in [0.2, 0.25) is 0 Å². The molecular formula is C56H64Br4N8. The minimum atomic E-state index is 0. The summed E-state index contributed by atoms with van der Waals surface area (Å²) < 4.78 is 2.95. The van der Waals surface area contributed by atoms with E-state index in [1.165, 1.54) is 22.7 Å². The van der Waals surface area contributed by atoms with Gasteiger partial charge in [0.25, 0.3) is 0 Å². The van der Waals surface area contributed by atoms with Crippen LogP contribution in [0.4, 0.5) is 22.7 Å². The first-order chi connectivity index (χ1) is 30.2. The van der Waals surface area contributed by atoms with Crippen molar-refractivity contribution in [2.45, 2.75) is 0 Å². The molecule has 8 bridgehead atoms. The number of nitrogens with zero attached hydrogens (tertiary/aromatic N) is 4. The number of aromatic nitrogens is 4. The lowest BCUT2D eigenvalue weighted by atomic mass is 10.0. The SMILES string of the molecule is C[N+](C)(C)c1ccc(C2=c3ccc([nH]3)=C(c3ccc([N+](C)(C)C)cc3)c3ccc([nH]3)C(c3ccc([N+](C)(C)C)cc3)=c3ccc([nH]3)=C(c3ccc([N+](C)(C)C)cc3)c3ccc2[nH]3)cc1.[Br-].[Br-].[Br-].[Br-]. The Labute approximate surface area is 444 Å². The molecule has 0 fully saturated rings. The van der Waals surface area contributed by atoms with E-state index in [-0.39, 0.29) is 67.9 Å². The van der Waals surface area contributed by atoms with Crippen LogP contribution in [-0.2, 0) is 0 Å². The molecule has 0 saturated heterocycles. The van der Waals surface area contributed by atoms with Crippen LogP contribution < -0.4 is 107 Å². The van der Waals surface area contributed by atoms with Gasteiger partial charge in [0.15, 0.2) is 0 Å². The molecule has 1 aliphatic heterocycles. The quantitative estimate of drug-likeness (QED) is 0.111. The van der Waals surface area contributed by atoms with Gasteiger partial charge >= 0.3 is 0 Å². The number of hydrogen-bond donors (Lipinski definition) is 4. The van der Waals surface area contributed by atoms with E-state index in [9.17, 15) is 0 Å². The number of nitrogens with one attached hydrogen (secondary N) is 4. The van der Waals surface area contributed by atoms with Gasteiger partial charge in [0.05, 0.1) is 84.6 Å². The Morgan fingerprint density at radius 3 is 0.559 bits per heavy atom. The highest BCUT2D eigenvalue weighted by Gasteiger charge is 2.22. The second kappa shape index (κ2) is 20.3. The Balaban J connectivity index is 0.00000216. The van der Waals surface area contributed by atoms with Gasteiger partial charge in [0.2, 0.25) is 0 Å². The van der Waals surface area contributed by atoms with Gasteiger partial charge in [-0.1, -0.05) is 0 Å². The molecule has 1 aliphatic rings. The van der Waals surface area contributed by atoms with Gasteiger partial charge in [-0.05, 0) is 168 Å². The van der Waals surface area contributed by atoms with Crippen molar-refractivity contribution in [3.63, 3.8) is 0 Å². The summed E-state index contributed by atoms with van der Waals surface area (Å²) in [4.78, 5) is 15.8. The van der Waals surface area contributed by atoms with Crippen LogP contribution in [0.3, 0.4) is 0 Å². The van der Waals surface area contributed by atoms with Crippen LogP contribution >= 0.6 is 0 Å². The van der Waals surface area contributed by atoms with Crippen LogP contribution in [-0.4, -0.2) is 105 Å². The molecule has 0 aliphatic carbocycles. The van der Waals surface area contributed by atoms with Crippen molar-refractivity contribution < 1.29 is 67.9 Å². The fourth-order valence-electron chi connectivity index (χ4n) is 8.87. The summed E-state index contributed by atoms with van der Waals surface area (Å²) in [6.07, 6.45) is 0. The summed E-state index contributed by atoms with van der Waals surface area (Å²) in [5.74, 6) is 0. The summed E-state index contributed by atoms with van der Waals surface area (Å²) in [5, 5.41) is 4.12. The monoisotopic (exact) mass is 1160 g/mol. The Morgan fingerprint density at radius 1 is 0.221 bits per heavy atom. The van der Waals surface area contributed by atoms with E-state index < -0.39 is 0 Å². The van der Waals surface area contributed by atoms with Gasteiger partial charge < -0.3 is 87.9 Å². The summed E-state index contributed by atoms with van der Waals surface area (Å²) in [7, 11) is 26.5. The molecule has 0 radical (unpaired) electrons. The molecule has 5 heterocycles. The van der Waals surface area contributed by atoms with Crippen LogP contribution in [0.1, 0.15) is 45.0 Å². The van der Waals surface area contributed by atoms with E-state index in [1.54, 1.807) is 0 Å². The molecule has 9 rings (SSSR count). The molecule has 8 nitrogen and oxygen atoms in total. The van der Waals surface area contributed by atoms with E-state index in [4.69, 9.17) is 0 Å². The van der Waals surface area contributed by atoms with Gasteiger partial charge in [-0.25, -0.2) is 0 Å². The lowest BCUT2D eigenvalue weighted by Gasteiger charge is -2.23. The third-order valence-corrected chi connectivity index (χ3v) is 12.6. The minimum Gasteiger partial charge on any atom is -1.00 e. The van der Waals surface area contributed by atoms with Crippen molar-refractivity contribution >= 4 is 45.0 Å². The maximum atomic E-state index is 3.96. The Bertz CT molecular complexity index is 2830. The summed E-state index contributed by atoms with van der Waals surface area (Å²) in [6, 6.07) is 53.9. The number of halogens is 4. The number of aromatic amines is 4. The van der Waals surface area contributed by atoms with Crippen LogP contribution in [0, 0.1) is 0 Å². The number of hydrogen-bond acceptors (Lipinski definition) is 0. The van der Waals surface area contributed by atoms with Gasteiger partial charge in [-0.2, -0.15) is 0 Å². The standard InChI is InChI=1S/C56H64N8.4BrH/c1-61(2,3)41-21-13-37(14-22-41)53-45-29-31-47(57-45)54(38-15-23-42(24-16-38)62(4,5)6)49-33-35-51(59-49)56(40-19-27-44(28-20-40)64(10,11)12)52-36-34-50(60-52)55(48-32-30-46(53)58-48)39-17-25-43(26-18-39)63(7,8)9;;;;/h13-36,57-60H,1-12H3;4*1H/q+4;;;;/p-4. The molecule has 68 heavy (non-hydrogen) atoms. The molecule has 4 aromatic heterocycles. The zero-order valence-corrected chi connectivity index (χ0v) is 47.5. The van der Waals surface area contributed by atoms with Crippen molar-refractivity contribution in [3.05, 3.63) is 212 Å². The largest absolute Gasteiger partial charge is 1.00 e. The summed E-state index contributed by atoms with van der Waals surface area (Å²) in [5.41, 5.74) is 18.0. The van der Waals surface area contributed by atoms with Crippen molar-refractivity contribution in [1.29, 1.82) is 0 Å². The average Bonchev–Trinajstić information content (AvgIpc) is 4.08. The van der Waals surface area contributed by atoms with E-state index in [0.29, 0.717) is 0 Å². The topological polar surface area (TPSA) is 63.2 Å². The number of rotatable bonds is 8. The maximum Gasteiger partial charge on any atom is 0.132 e. The first-order valence-corrected chi connectivity index (χ1v) is 22.2. The van der Waals surface area contributed by atoms with Gasteiger partial charge in [-0.3, -0.25) is 17.9 Å². The fraction of sp³-hybridized carbons (Fsp3) is 0.214. The molecule has 8 aromatic rings. The van der Waals surface area contributed by atoms with Crippen LogP contribution in [0.5, 0.6) is 0 Å². The number of benzene rings is 4. The van der Waals surface area contributed by atoms with Gasteiger partial charge in [0.1, 0.15) is 22.7 Å². The first-order valence-electron chi connectivity index (χ1n) is 22.2. The Kier molecular flexibility index (Phi) is 16.2. The number of fused-ring (bicyclic) bond motifs is 8. The fourth-order valence-corrected chi connectivity index (χ4v) is 8.87. The molecule has 4 aromatic carbocycles. The normalized spacial score (nSPS) is 13.0. The molecule has 4 N–H and O–H groups in total. The van der Waals surface area contributed by atoms with E-state index in [1.807, 2.05) is 0 Å². The van der Waals surface area contributed by atoms with Crippen molar-refractivity contribution in [2.75, 3.05) is 84.6 Å². The predicted octanol–water partition coefficient (Wildman–Crippen LogP) is -4.90. The number of quaternary nitrogens is 4. The highest BCUT2D eigenvalue weighted by Crippen LogP contribution is 2.31. The molecule has 0 atom stereocenters. The van der Waals surface area contributed by atoms with E-state index >= 15 is 0 Å². The third-order valence-electron chi connectivity index (χ3n) is 12.6. The average molecular weight is 1170 g/mol. The van der Waals surface area contributed by atoms with Gasteiger partial charge in [0, 0.05) is 66.5 Å². The zero-order chi connectivity index (χ0) is 45.3. The predicted molar refractivity (Wildman–Crippen MR) is 272 cm³/mol. The van der Waals surface area contributed by atoms with Gasteiger partial charge in [-0.15, -0.1) is 0 Å². The molecule has 0 spiro atoms. The Hall–Kier alpha value is -4.76. The molecule has 0 saturated carbocycles. The van der Waals surface area contributed by atoms with E-state index in [0.717, 1.165) is 107 Å². The van der Waals surface area contributed by atoms with Crippen molar-refractivity contribution in [1.82, 2.24) is 37.9 Å². The molecular weight excluding hydrogens is 1100 g/mol. The second-order valence-corrected chi connectivity index (χ2v) is 20.9. The highest BCUT2D eigenvalue weighted by atomic mass is 79.9. The summed E-state index contributed by atoms with van der Waals surface area (Å²) >= 11 is 0. The smallest absolute Gasteiger partial charge is 0.132 e. The van der Waals surface area contributed by atoms with Crippen molar-refractivity contribution in [2.24, 2.45) is 0 Å². The first kappa shape index (κ1) is 54.2.